The Labute approximate surface area is 98.4 Å². The molecule has 2 heterocycles. The fourth-order valence-corrected chi connectivity index (χ4v) is 3.79. The average molecular weight is 244 g/mol. The molecule has 2 fully saturated rings. The Balaban J connectivity index is 1.63. The van der Waals surface area contributed by atoms with Crippen LogP contribution in [0, 0.1) is 0 Å². The molecule has 0 saturated carbocycles. The molecule has 0 aromatic heterocycles. The smallest absolute Gasteiger partial charge is 0.316 e. The summed E-state index contributed by atoms with van der Waals surface area (Å²) in [4.78, 5) is 21.3. The van der Waals surface area contributed by atoms with Crippen molar-refractivity contribution in [3.8, 4) is 0 Å². The van der Waals surface area contributed by atoms with E-state index in [0.717, 1.165) is 25.7 Å². The van der Waals surface area contributed by atoms with Gasteiger partial charge in [0.1, 0.15) is 0 Å². The molecule has 0 aliphatic carbocycles. The molecule has 90 valence electrons. The van der Waals surface area contributed by atoms with E-state index < -0.39 is 5.97 Å². The predicted octanol–water partition coefficient (Wildman–Crippen LogP) is 1.14. The highest BCUT2D eigenvalue weighted by atomic mass is 32.2. The quantitative estimate of drug-likeness (QED) is 0.634. The van der Waals surface area contributed by atoms with Gasteiger partial charge in [0.25, 0.3) is 0 Å². The third-order valence-corrected chi connectivity index (χ3v) is 4.53. The molecular weight excluding hydrogens is 228 g/mol. The van der Waals surface area contributed by atoms with Gasteiger partial charge in [0, 0.05) is 11.7 Å². The molecule has 0 spiro atoms. The summed E-state index contributed by atoms with van der Waals surface area (Å²) in [6.07, 6.45) is 4.02. The molecule has 5 nitrogen and oxygen atoms in total. The van der Waals surface area contributed by atoms with Crippen LogP contribution in [0.5, 0.6) is 0 Å². The third kappa shape index (κ3) is 2.81. The van der Waals surface area contributed by atoms with Crippen molar-refractivity contribution in [1.29, 1.82) is 0 Å². The van der Waals surface area contributed by atoms with Crippen molar-refractivity contribution in [3.05, 3.63) is 0 Å². The number of carboxylic acids is 1. The molecule has 0 unspecified atom stereocenters. The second-order valence-electron chi connectivity index (χ2n) is 4.28. The van der Waals surface area contributed by atoms with Crippen LogP contribution >= 0.6 is 11.8 Å². The SMILES string of the molecule is O=C(O)CCCC[C@@H]1C[C@@H]2NC(=O)N[C@@H]2S1. The van der Waals surface area contributed by atoms with E-state index in [1.165, 1.54) is 0 Å². The van der Waals surface area contributed by atoms with Crippen LogP contribution in [0.3, 0.4) is 0 Å². The second-order valence-corrected chi connectivity index (χ2v) is 5.72. The van der Waals surface area contributed by atoms with Crippen LogP contribution in [-0.4, -0.2) is 33.8 Å². The van der Waals surface area contributed by atoms with E-state index in [2.05, 4.69) is 10.6 Å². The maximum atomic E-state index is 11.0. The van der Waals surface area contributed by atoms with Crippen LogP contribution in [0.4, 0.5) is 4.79 Å². The fourth-order valence-electron chi connectivity index (χ4n) is 2.21. The van der Waals surface area contributed by atoms with Gasteiger partial charge in [-0.25, -0.2) is 4.79 Å². The minimum atomic E-state index is -0.718. The van der Waals surface area contributed by atoms with Crippen LogP contribution in [0.1, 0.15) is 32.1 Å². The summed E-state index contributed by atoms with van der Waals surface area (Å²) in [6, 6.07) is 0.203. The molecule has 2 saturated heterocycles. The Bertz CT molecular complexity index is 282. The number of fused-ring (bicyclic) bond motifs is 1. The summed E-state index contributed by atoms with van der Waals surface area (Å²) in [5.74, 6) is -0.718. The van der Waals surface area contributed by atoms with Crippen molar-refractivity contribution < 1.29 is 14.7 Å². The summed E-state index contributed by atoms with van der Waals surface area (Å²) < 4.78 is 0. The van der Waals surface area contributed by atoms with E-state index >= 15 is 0 Å². The van der Waals surface area contributed by atoms with Crippen molar-refractivity contribution in [2.24, 2.45) is 0 Å². The lowest BCUT2D eigenvalue weighted by Gasteiger charge is -2.09. The van der Waals surface area contributed by atoms with Gasteiger partial charge in [-0.3, -0.25) is 4.79 Å². The molecular formula is C10H16N2O3S. The van der Waals surface area contributed by atoms with Gasteiger partial charge >= 0.3 is 12.0 Å². The minimum absolute atomic E-state index is 0.0631. The molecule has 3 N–H and O–H groups in total. The van der Waals surface area contributed by atoms with Crippen LogP contribution in [0.15, 0.2) is 0 Å². The summed E-state index contributed by atoms with van der Waals surface area (Å²) >= 11 is 1.80. The van der Waals surface area contributed by atoms with Gasteiger partial charge in [-0.05, 0) is 19.3 Å². The lowest BCUT2D eigenvalue weighted by Crippen LogP contribution is -2.27. The fraction of sp³-hybridized carbons (Fsp3) is 0.800. The zero-order valence-electron chi connectivity index (χ0n) is 8.94. The van der Waals surface area contributed by atoms with E-state index in [1.807, 2.05) is 0 Å². The highest BCUT2D eigenvalue weighted by molar-refractivity contribution is 8.00. The molecule has 0 aromatic rings. The zero-order chi connectivity index (χ0) is 11.5. The average Bonchev–Trinajstić information content (AvgIpc) is 2.68. The number of hydrogen-bond acceptors (Lipinski definition) is 3. The van der Waals surface area contributed by atoms with Gasteiger partial charge in [-0.15, -0.1) is 11.8 Å². The maximum Gasteiger partial charge on any atom is 0.316 e. The molecule has 3 atom stereocenters. The minimum Gasteiger partial charge on any atom is -0.481 e. The molecule has 0 radical (unpaired) electrons. The number of amides is 2. The second kappa shape index (κ2) is 4.95. The van der Waals surface area contributed by atoms with E-state index in [9.17, 15) is 9.59 Å². The van der Waals surface area contributed by atoms with E-state index in [1.54, 1.807) is 11.8 Å². The van der Waals surface area contributed by atoms with Crippen LogP contribution in [-0.2, 0) is 4.79 Å². The first-order valence-corrected chi connectivity index (χ1v) is 6.54. The van der Waals surface area contributed by atoms with Crippen molar-refractivity contribution >= 4 is 23.8 Å². The number of carbonyl (C=O) groups excluding carboxylic acids is 1. The summed E-state index contributed by atoms with van der Waals surface area (Å²) in [7, 11) is 0. The van der Waals surface area contributed by atoms with Crippen molar-refractivity contribution in [2.45, 2.75) is 48.8 Å². The molecule has 2 amide bonds. The normalized spacial score (nSPS) is 32.0. The number of unbranched alkanes of at least 4 members (excludes halogenated alkanes) is 1. The van der Waals surface area contributed by atoms with Crippen LogP contribution in [0.25, 0.3) is 0 Å². The predicted molar refractivity (Wildman–Crippen MR) is 61.3 cm³/mol. The number of hydrogen-bond donors (Lipinski definition) is 3. The molecule has 16 heavy (non-hydrogen) atoms. The number of rotatable bonds is 5. The molecule has 6 heteroatoms. The molecule has 0 bridgehead atoms. The molecule has 2 aliphatic heterocycles. The third-order valence-electron chi connectivity index (χ3n) is 2.98. The highest BCUT2D eigenvalue weighted by Crippen LogP contribution is 2.37. The standard InChI is InChI=1S/C10H16N2O3S/c13-8(14)4-2-1-3-6-5-7-9(16-6)12-10(15)11-7/h6-7,9H,1-5H2,(H,13,14)(H2,11,12,15)/t6-,7+,9-/m1/s1. The maximum absolute atomic E-state index is 11.0. The van der Waals surface area contributed by atoms with E-state index in [-0.39, 0.29) is 23.9 Å². The van der Waals surface area contributed by atoms with Crippen molar-refractivity contribution in [1.82, 2.24) is 10.6 Å². The Morgan fingerprint density at radius 2 is 2.25 bits per heavy atom. The number of aliphatic carboxylic acids is 1. The first-order chi connectivity index (χ1) is 7.65. The van der Waals surface area contributed by atoms with Gasteiger partial charge in [0.2, 0.25) is 0 Å². The van der Waals surface area contributed by atoms with Gasteiger partial charge < -0.3 is 15.7 Å². The highest BCUT2D eigenvalue weighted by Gasteiger charge is 2.40. The Morgan fingerprint density at radius 1 is 1.44 bits per heavy atom. The monoisotopic (exact) mass is 244 g/mol. The number of thioether (sulfide) groups is 1. The largest absolute Gasteiger partial charge is 0.481 e. The Hall–Kier alpha value is -0.910. The summed E-state index contributed by atoms with van der Waals surface area (Å²) in [6.45, 7) is 0. The first-order valence-electron chi connectivity index (χ1n) is 5.59. The van der Waals surface area contributed by atoms with Crippen molar-refractivity contribution in [3.63, 3.8) is 0 Å². The first kappa shape index (κ1) is 11.6. The molecule has 2 aliphatic rings. The zero-order valence-corrected chi connectivity index (χ0v) is 9.76. The van der Waals surface area contributed by atoms with Crippen LogP contribution < -0.4 is 10.6 Å². The summed E-state index contributed by atoms with van der Waals surface area (Å²) in [5, 5.41) is 15.0. The lowest BCUT2D eigenvalue weighted by molar-refractivity contribution is -0.137. The van der Waals surface area contributed by atoms with Gasteiger partial charge in [-0.1, -0.05) is 6.42 Å². The van der Waals surface area contributed by atoms with E-state index in [4.69, 9.17) is 5.11 Å². The van der Waals surface area contributed by atoms with Gasteiger partial charge in [-0.2, -0.15) is 0 Å². The van der Waals surface area contributed by atoms with Gasteiger partial charge in [0.15, 0.2) is 0 Å². The number of carboxylic acid groups (broad SMARTS) is 1. The number of carbonyl (C=O) groups is 2. The van der Waals surface area contributed by atoms with Gasteiger partial charge in [0.05, 0.1) is 11.4 Å². The summed E-state index contributed by atoms with van der Waals surface area (Å²) in [5.41, 5.74) is 0. The number of urea groups is 1. The lowest BCUT2D eigenvalue weighted by atomic mass is 10.1. The van der Waals surface area contributed by atoms with E-state index in [0.29, 0.717) is 5.25 Å². The topological polar surface area (TPSA) is 78.4 Å². The Kier molecular flexibility index (Phi) is 3.58. The molecule has 0 aromatic carbocycles. The number of nitrogens with one attached hydrogen (secondary N) is 2. The van der Waals surface area contributed by atoms with Crippen molar-refractivity contribution in [2.75, 3.05) is 0 Å². The molecule has 2 rings (SSSR count). The van der Waals surface area contributed by atoms with Crippen LogP contribution in [0.2, 0.25) is 0 Å². The Morgan fingerprint density at radius 3 is 2.94 bits per heavy atom.